The van der Waals surface area contributed by atoms with E-state index in [-0.39, 0.29) is 29.9 Å². The van der Waals surface area contributed by atoms with Gasteiger partial charge in [-0.1, -0.05) is 6.07 Å². The summed E-state index contributed by atoms with van der Waals surface area (Å²) in [4.78, 5) is 20.7. The number of pyridine rings is 1. The molecule has 0 aromatic carbocycles. The van der Waals surface area contributed by atoms with Crippen LogP contribution in [0.4, 0.5) is 5.82 Å². The van der Waals surface area contributed by atoms with Gasteiger partial charge in [-0.3, -0.25) is 9.79 Å². The number of aryl methyl sites for hydroxylation is 1. The van der Waals surface area contributed by atoms with Crippen molar-refractivity contribution < 1.29 is 9.21 Å². The van der Waals surface area contributed by atoms with E-state index < -0.39 is 0 Å². The summed E-state index contributed by atoms with van der Waals surface area (Å²) < 4.78 is 5.28. The average Bonchev–Trinajstić information content (AvgIpc) is 3.08. The molecule has 0 atom stereocenters. The Kier molecular flexibility index (Phi) is 10.4. The molecular weight excluding hydrogens is 445 g/mol. The molecule has 7 nitrogen and oxygen atoms in total. The Morgan fingerprint density at radius 2 is 2.08 bits per heavy atom. The number of amides is 1. The Balaban J connectivity index is 0.00000338. The molecule has 0 fully saturated rings. The van der Waals surface area contributed by atoms with Crippen LogP contribution in [-0.4, -0.2) is 36.5 Å². The van der Waals surface area contributed by atoms with Crippen LogP contribution in [0.25, 0.3) is 0 Å². The van der Waals surface area contributed by atoms with Gasteiger partial charge in [0.1, 0.15) is 11.6 Å². The predicted octanol–water partition coefficient (Wildman–Crippen LogP) is 2.73. The van der Waals surface area contributed by atoms with E-state index >= 15 is 0 Å². The van der Waals surface area contributed by atoms with Crippen molar-refractivity contribution in [3.63, 3.8) is 0 Å². The molecule has 0 bridgehead atoms. The Bertz CT molecular complexity index is 689. The lowest BCUT2D eigenvalue weighted by Crippen LogP contribution is -2.38. The number of nitrogens with one attached hydrogen (secondary N) is 3. The van der Waals surface area contributed by atoms with E-state index in [2.05, 4.69) is 25.9 Å². The first-order valence-electron chi connectivity index (χ1n) is 8.45. The normalized spacial score (nSPS) is 10.8. The maximum Gasteiger partial charge on any atom is 0.227 e. The molecular formula is C18H26IN5O2. The van der Waals surface area contributed by atoms with Crippen molar-refractivity contribution in [2.24, 2.45) is 4.99 Å². The van der Waals surface area contributed by atoms with Gasteiger partial charge in [-0.2, -0.15) is 0 Å². The number of aliphatic imine (C=N–C) groups is 1. The summed E-state index contributed by atoms with van der Waals surface area (Å²) in [6, 6.07) is 9.33. The number of hydrogen-bond acceptors (Lipinski definition) is 4. The lowest BCUT2D eigenvalue weighted by molar-refractivity contribution is -0.116. The molecule has 2 rings (SSSR count). The van der Waals surface area contributed by atoms with E-state index in [9.17, 15) is 4.79 Å². The molecule has 0 aliphatic rings. The van der Waals surface area contributed by atoms with Gasteiger partial charge in [0, 0.05) is 38.2 Å². The van der Waals surface area contributed by atoms with Gasteiger partial charge in [-0.25, -0.2) is 4.98 Å². The van der Waals surface area contributed by atoms with E-state index in [1.807, 2.05) is 38.1 Å². The molecule has 0 aliphatic carbocycles. The summed E-state index contributed by atoms with van der Waals surface area (Å²) in [5.74, 6) is 2.08. The summed E-state index contributed by atoms with van der Waals surface area (Å²) in [6.07, 6.45) is 2.73. The van der Waals surface area contributed by atoms with E-state index in [4.69, 9.17) is 4.42 Å². The van der Waals surface area contributed by atoms with Gasteiger partial charge in [0.15, 0.2) is 5.96 Å². The number of aromatic nitrogens is 1. The number of guanidine groups is 1. The Morgan fingerprint density at radius 1 is 1.23 bits per heavy atom. The van der Waals surface area contributed by atoms with Gasteiger partial charge >= 0.3 is 0 Å². The minimum Gasteiger partial charge on any atom is -0.469 e. The largest absolute Gasteiger partial charge is 0.469 e. The van der Waals surface area contributed by atoms with Gasteiger partial charge in [0.2, 0.25) is 5.91 Å². The fourth-order valence-corrected chi connectivity index (χ4v) is 2.19. The molecule has 8 heteroatoms. The van der Waals surface area contributed by atoms with Gasteiger partial charge < -0.3 is 20.4 Å². The first-order valence-corrected chi connectivity index (χ1v) is 8.45. The molecule has 0 unspecified atom stereocenters. The molecule has 0 saturated carbocycles. The number of halogens is 1. The maximum atomic E-state index is 12.0. The van der Waals surface area contributed by atoms with Crippen LogP contribution in [-0.2, 0) is 11.2 Å². The van der Waals surface area contributed by atoms with Gasteiger partial charge in [-0.05, 0) is 38.1 Å². The highest BCUT2D eigenvalue weighted by Crippen LogP contribution is 2.04. The number of furan rings is 1. The molecule has 2 aromatic heterocycles. The minimum atomic E-state index is -0.0861. The molecule has 2 heterocycles. The zero-order valence-electron chi connectivity index (χ0n) is 15.1. The van der Waals surface area contributed by atoms with Crippen LogP contribution in [0.15, 0.2) is 46.0 Å². The monoisotopic (exact) mass is 471 g/mol. The fourth-order valence-electron chi connectivity index (χ4n) is 2.19. The second kappa shape index (κ2) is 12.3. The summed E-state index contributed by atoms with van der Waals surface area (Å²) in [5, 5.41) is 9.10. The molecule has 2 aromatic rings. The maximum absolute atomic E-state index is 12.0. The van der Waals surface area contributed by atoms with Crippen molar-refractivity contribution in [2.45, 2.75) is 26.7 Å². The van der Waals surface area contributed by atoms with E-state index in [0.717, 1.165) is 24.4 Å². The number of anilines is 1. The van der Waals surface area contributed by atoms with Crippen molar-refractivity contribution in [2.75, 3.05) is 25.0 Å². The molecule has 3 N–H and O–H groups in total. The van der Waals surface area contributed by atoms with E-state index in [1.165, 1.54) is 0 Å². The third kappa shape index (κ3) is 8.32. The van der Waals surface area contributed by atoms with Gasteiger partial charge in [0.25, 0.3) is 0 Å². The highest BCUT2D eigenvalue weighted by atomic mass is 127. The molecule has 142 valence electrons. The quantitative estimate of drug-likeness (QED) is 0.313. The lowest BCUT2D eigenvalue weighted by atomic mass is 10.3. The van der Waals surface area contributed by atoms with E-state index in [0.29, 0.717) is 31.3 Å². The number of nitrogens with zero attached hydrogens (tertiary/aromatic N) is 2. The van der Waals surface area contributed by atoms with Crippen LogP contribution in [0.1, 0.15) is 24.8 Å². The fraction of sp³-hybridized carbons (Fsp3) is 0.389. The SMILES string of the molecule is CCNC(=NCCc1ccco1)NCCC(=O)Nc1cccc(C)n1.I. The Morgan fingerprint density at radius 3 is 2.77 bits per heavy atom. The first kappa shape index (κ1) is 21.9. The second-order valence-corrected chi connectivity index (χ2v) is 5.48. The van der Waals surface area contributed by atoms with Crippen LogP contribution in [0.2, 0.25) is 0 Å². The van der Waals surface area contributed by atoms with Crippen LogP contribution in [0, 0.1) is 6.92 Å². The highest BCUT2D eigenvalue weighted by molar-refractivity contribution is 14.0. The molecule has 1 amide bonds. The molecule has 0 aliphatic heterocycles. The molecule has 0 radical (unpaired) electrons. The predicted molar refractivity (Wildman–Crippen MR) is 114 cm³/mol. The molecule has 26 heavy (non-hydrogen) atoms. The average molecular weight is 471 g/mol. The summed E-state index contributed by atoms with van der Waals surface area (Å²) >= 11 is 0. The van der Waals surface area contributed by atoms with Crippen molar-refractivity contribution in [3.8, 4) is 0 Å². The third-order valence-corrected chi connectivity index (χ3v) is 3.35. The standard InChI is InChI=1S/C18H25N5O2.HI/c1-3-19-18(20-11-9-15-7-5-13-25-15)21-12-10-17(24)23-16-8-4-6-14(2)22-16;/h4-8,13H,3,9-12H2,1-2H3,(H2,19,20,21)(H,22,23,24);1H. The van der Waals surface area contributed by atoms with E-state index in [1.54, 1.807) is 12.3 Å². The Hall–Kier alpha value is -2.10. The van der Waals surface area contributed by atoms with Crippen molar-refractivity contribution in [1.82, 2.24) is 15.6 Å². The van der Waals surface area contributed by atoms with Crippen LogP contribution in [0.5, 0.6) is 0 Å². The van der Waals surface area contributed by atoms with Crippen molar-refractivity contribution in [1.29, 1.82) is 0 Å². The number of hydrogen-bond donors (Lipinski definition) is 3. The summed E-state index contributed by atoms with van der Waals surface area (Å²) in [7, 11) is 0. The van der Waals surface area contributed by atoms with Crippen molar-refractivity contribution >= 4 is 41.7 Å². The molecule has 0 saturated heterocycles. The molecule has 0 spiro atoms. The van der Waals surface area contributed by atoms with Crippen LogP contribution < -0.4 is 16.0 Å². The second-order valence-electron chi connectivity index (χ2n) is 5.48. The summed E-state index contributed by atoms with van der Waals surface area (Å²) in [5.41, 5.74) is 0.869. The third-order valence-electron chi connectivity index (χ3n) is 3.35. The topological polar surface area (TPSA) is 91.5 Å². The number of rotatable bonds is 8. The smallest absolute Gasteiger partial charge is 0.227 e. The van der Waals surface area contributed by atoms with Crippen molar-refractivity contribution in [3.05, 3.63) is 48.0 Å². The zero-order valence-corrected chi connectivity index (χ0v) is 17.4. The first-order chi connectivity index (χ1) is 12.2. The highest BCUT2D eigenvalue weighted by Gasteiger charge is 2.04. The lowest BCUT2D eigenvalue weighted by Gasteiger charge is -2.11. The van der Waals surface area contributed by atoms with Crippen LogP contribution >= 0.6 is 24.0 Å². The summed E-state index contributed by atoms with van der Waals surface area (Å²) in [6.45, 7) is 5.75. The van der Waals surface area contributed by atoms with Crippen LogP contribution in [0.3, 0.4) is 0 Å². The van der Waals surface area contributed by atoms with Gasteiger partial charge in [-0.15, -0.1) is 24.0 Å². The number of carbonyl (C=O) groups is 1. The number of carbonyl (C=O) groups excluding carboxylic acids is 1. The zero-order chi connectivity index (χ0) is 17.9. The Labute approximate surface area is 171 Å². The minimum absolute atomic E-state index is 0. The van der Waals surface area contributed by atoms with Gasteiger partial charge in [0.05, 0.1) is 6.26 Å².